The van der Waals surface area contributed by atoms with Crippen LogP contribution < -0.4 is 10.9 Å². The largest absolute Gasteiger partial charge is 0.326 e. The Kier molecular flexibility index (Phi) is 4.71. The molecule has 0 aliphatic heterocycles. The lowest BCUT2D eigenvalue weighted by molar-refractivity contribution is -0.116. The molecule has 4 aromatic rings. The number of aromatic nitrogens is 2. The third-order valence-electron chi connectivity index (χ3n) is 5.44. The van der Waals surface area contributed by atoms with Crippen LogP contribution in [-0.4, -0.2) is 15.5 Å². The van der Waals surface area contributed by atoms with Crippen LogP contribution in [0.25, 0.3) is 22.0 Å². The minimum atomic E-state index is -0.149. The van der Waals surface area contributed by atoms with Crippen molar-refractivity contribution in [2.24, 2.45) is 0 Å². The van der Waals surface area contributed by atoms with Gasteiger partial charge in [-0.05, 0) is 59.0 Å². The van der Waals surface area contributed by atoms with Gasteiger partial charge in [-0.25, -0.2) is 4.98 Å². The van der Waals surface area contributed by atoms with Crippen LogP contribution >= 0.6 is 15.9 Å². The normalized spacial score (nSPS) is 11.9. The number of nitrogens with one attached hydrogen (secondary N) is 1. The van der Waals surface area contributed by atoms with Crippen molar-refractivity contribution in [3.8, 4) is 11.1 Å². The molecular weight excluding hydrogens is 442 g/mol. The number of benzene rings is 3. The molecule has 5 rings (SSSR count). The SMILES string of the molecule is O=C(CCn1cnc2ccc(Br)cc2c1=O)Nc1ccc2c(c1)Cc1ccccc1-2. The number of carbonyl (C=O) groups excluding carboxylic acids is 1. The second kappa shape index (κ2) is 7.54. The van der Waals surface area contributed by atoms with Gasteiger partial charge in [0.15, 0.2) is 0 Å². The molecule has 30 heavy (non-hydrogen) atoms. The Morgan fingerprint density at radius 2 is 1.87 bits per heavy atom. The summed E-state index contributed by atoms with van der Waals surface area (Å²) in [7, 11) is 0. The summed E-state index contributed by atoms with van der Waals surface area (Å²) in [6.45, 7) is 0.274. The Bertz CT molecular complexity index is 1360. The van der Waals surface area contributed by atoms with Gasteiger partial charge >= 0.3 is 0 Å². The number of rotatable bonds is 4. The number of amides is 1. The maximum Gasteiger partial charge on any atom is 0.261 e. The summed E-state index contributed by atoms with van der Waals surface area (Å²) in [4.78, 5) is 29.5. The number of hydrogen-bond acceptors (Lipinski definition) is 3. The first kappa shape index (κ1) is 18.8. The Labute approximate surface area is 181 Å². The number of carbonyl (C=O) groups is 1. The average Bonchev–Trinajstić information content (AvgIpc) is 3.11. The minimum Gasteiger partial charge on any atom is -0.326 e. The zero-order valence-electron chi connectivity index (χ0n) is 16.1. The van der Waals surface area contributed by atoms with Crippen molar-refractivity contribution in [2.75, 3.05) is 5.32 Å². The fraction of sp³-hybridized carbons (Fsp3) is 0.125. The standard InChI is InChI=1S/C24H18BrN3O2/c25-17-5-8-22-21(13-17)24(30)28(14-26-22)10-9-23(29)27-18-6-7-20-16(12-18)11-15-3-1-2-4-19(15)20/h1-8,12-14H,9-11H2,(H,27,29). The lowest BCUT2D eigenvalue weighted by atomic mass is 10.1. The van der Waals surface area contributed by atoms with E-state index in [1.807, 2.05) is 24.3 Å². The number of halogens is 1. The van der Waals surface area contributed by atoms with Gasteiger partial charge in [0.05, 0.1) is 17.2 Å². The van der Waals surface area contributed by atoms with E-state index in [-0.39, 0.29) is 24.4 Å². The van der Waals surface area contributed by atoms with Crippen LogP contribution in [0.15, 0.2) is 76.3 Å². The quantitative estimate of drug-likeness (QED) is 0.421. The molecule has 1 N–H and O–H groups in total. The third-order valence-corrected chi connectivity index (χ3v) is 5.94. The van der Waals surface area contributed by atoms with E-state index in [9.17, 15) is 9.59 Å². The van der Waals surface area contributed by atoms with Gasteiger partial charge in [0.25, 0.3) is 5.56 Å². The van der Waals surface area contributed by atoms with Crippen LogP contribution in [0.3, 0.4) is 0 Å². The summed E-state index contributed by atoms with van der Waals surface area (Å²) in [5.74, 6) is -0.133. The van der Waals surface area contributed by atoms with Crippen LogP contribution in [0.4, 0.5) is 5.69 Å². The summed E-state index contributed by atoms with van der Waals surface area (Å²) >= 11 is 3.38. The highest BCUT2D eigenvalue weighted by Gasteiger charge is 2.18. The van der Waals surface area contributed by atoms with E-state index >= 15 is 0 Å². The van der Waals surface area contributed by atoms with E-state index < -0.39 is 0 Å². The molecule has 0 fully saturated rings. The van der Waals surface area contributed by atoms with Crippen LogP contribution in [0.2, 0.25) is 0 Å². The summed E-state index contributed by atoms with van der Waals surface area (Å²) < 4.78 is 2.30. The summed E-state index contributed by atoms with van der Waals surface area (Å²) in [6, 6.07) is 19.8. The Balaban J connectivity index is 1.28. The first-order chi connectivity index (χ1) is 14.6. The van der Waals surface area contributed by atoms with Gasteiger partial charge in [0.2, 0.25) is 5.91 Å². The van der Waals surface area contributed by atoms with Crippen molar-refractivity contribution in [3.63, 3.8) is 0 Å². The first-order valence-corrected chi connectivity index (χ1v) is 10.5. The number of fused-ring (bicyclic) bond motifs is 4. The van der Waals surface area contributed by atoms with Gasteiger partial charge in [-0.3, -0.25) is 14.2 Å². The van der Waals surface area contributed by atoms with Crippen molar-refractivity contribution in [3.05, 3.63) is 92.9 Å². The topological polar surface area (TPSA) is 64.0 Å². The van der Waals surface area contributed by atoms with Crippen LogP contribution in [0.1, 0.15) is 17.5 Å². The number of anilines is 1. The van der Waals surface area contributed by atoms with Gasteiger partial charge in [-0.1, -0.05) is 46.3 Å². The molecule has 148 valence electrons. The number of aryl methyl sites for hydroxylation is 1. The smallest absolute Gasteiger partial charge is 0.261 e. The third kappa shape index (κ3) is 3.44. The highest BCUT2D eigenvalue weighted by atomic mass is 79.9. The monoisotopic (exact) mass is 459 g/mol. The highest BCUT2D eigenvalue weighted by Crippen LogP contribution is 2.37. The molecule has 0 spiro atoms. The predicted molar refractivity (Wildman–Crippen MR) is 122 cm³/mol. The van der Waals surface area contributed by atoms with Crippen LogP contribution in [0, 0.1) is 0 Å². The van der Waals surface area contributed by atoms with Crippen LogP contribution in [0.5, 0.6) is 0 Å². The van der Waals surface area contributed by atoms with E-state index in [2.05, 4.69) is 50.5 Å². The van der Waals surface area contributed by atoms with Crippen molar-refractivity contribution >= 4 is 38.4 Å². The Morgan fingerprint density at radius 3 is 2.77 bits per heavy atom. The van der Waals surface area contributed by atoms with E-state index in [1.54, 1.807) is 12.1 Å². The van der Waals surface area contributed by atoms with E-state index in [1.165, 1.54) is 33.1 Å². The molecule has 0 atom stereocenters. The maximum absolute atomic E-state index is 12.7. The van der Waals surface area contributed by atoms with Gasteiger partial charge in [-0.15, -0.1) is 0 Å². The molecule has 3 aromatic carbocycles. The Morgan fingerprint density at radius 1 is 1.03 bits per heavy atom. The van der Waals surface area contributed by atoms with Gasteiger partial charge in [-0.2, -0.15) is 0 Å². The molecule has 5 nitrogen and oxygen atoms in total. The summed E-state index contributed by atoms with van der Waals surface area (Å²) in [6.07, 6.45) is 2.57. The minimum absolute atomic E-state index is 0.133. The molecule has 0 saturated heterocycles. The molecule has 0 unspecified atom stereocenters. The molecule has 1 amide bonds. The average molecular weight is 460 g/mol. The van der Waals surface area contributed by atoms with Crippen molar-refractivity contribution in [1.82, 2.24) is 9.55 Å². The second-order valence-corrected chi connectivity index (χ2v) is 8.32. The molecule has 0 saturated carbocycles. The number of hydrogen-bond donors (Lipinski definition) is 1. The zero-order valence-corrected chi connectivity index (χ0v) is 17.6. The number of nitrogens with zero attached hydrogens (tertiary/aromatic N) is 2. The maximum atomic E-state index is 12.7. The van der Waals surface area contributed by atoms with Gasteiger partial charge < -0.3 is 5.32 Å². The van der Waals surface area contributed by atoms with E-state index in [0.717, 1.165) is 16.6 Å². The van der Waals surface area contributed by atoms with Gasteiger partial charge in [0, 0.05) is 23.1 Å². The van der Waals surface area contributed by atoms with Crippen molar-refractivity contribution in [2.45, 2.75) is 19.4 Å². The van der Waals surface area contributed by atoms with Gasteiger partial charge in [0.1, 0.15) is 0 Å². The fourth-order valence-electron chi connectivity index (χ4n) is 3.96. The fourth-order valence-corrected chi connectivity index (χ4v) is 4.32. The highest BCUT2D eigenvalue weighted by molar-refractivity contribution is 9.10. The zero-order chi connectivity index (χ0) is 20.7. The predicted octanol–water partition coefficient (Wildman–Crippen LogP) is 4.76. The lowest BCUT2D eigenvalue weighted by Gasteiger charge is -2.09. The Hall–Kier alpha value is -3.25. The molecule has 1 aliphatic rings. The van der Waals surface area contributed by atoms with Crippen molar-refractivity contribution < 1.29 is 4.79 Å². The summed E-state index contributed by atoms with van der Waals surface area (Å²) in [5.41, 5.74) is 6.29. The molecule has 1 heterocycles. The molecule has 1 aromatic heterocycles. The molecule has 0 radical (unpaired) electrons. The van der Waals surface area contributed by atoms with Crippen LogP contribution in [-0.2, 0) is 17.8 Å². The van der Waals surface area contributed by atoms with E-state index in [4.69, 9.17) is 0 Å². The molecule has 6 heteroatoms. The second-order valence-electron chi connectivity index (χ2n) is 7.41. The molecule has 1 aliphatic carbocycles. The first-order valence-electron chi connectivity index (χ1n) is 9.74. The lowest BCUT2D eigenvalue weighted by Crippen LogP contribution is -2.23. The molecular formula is C24H18BrN3O2. The van der Waals surface area contributed by atoms with Crippen molar-refractivity contribution in [1.29, 1.82) is 0 Å². The summed E-state index contributed by atoms with van der Waals surface area (Å²) in [5, 5.41) is 3.49. The molecule has 0 bridgehead atoms. The van der Waals surface area contributed by atoms with E-state index in [0.29, 0.717) is 10.9 Å².